The molecule has 0 aromatic heterocycles. The summed E-state index contributed by atoms with van der Waals surface area (Å²) in [6, 6.07) is -1.20. The SMILES string of the molecule is CCCCCCCC/C=C\CCCCC(O)C(=O)NC(COC1OC(CO)C(O)C(O)C1O)C(O)C(O)CCC/C=C/CC/C=C/CCCCCCCCCCCCCCCCCCC. The molecule has 1 fully saturated rings. The summed E-state index contributed by atoms with van der Waals surface area (Å²) in [6.45, 7) is 3.41. The number of unbranched alkanes of at least 4 members (excludes halogenated alkanes) is 27. The summed E-state index contributed by atoms with van der Waals surface area (Å²) in [5.74, 6) is -0.727. The Labute approximate surface area is 397 Å². The summed E-state index contributed by atoms with van der Waals surface area (Å²) in [5, 5.41) is 75.8. The Morgan fingerprint density at radius 3 is 1.37 bits per heavy atom. The van der Waals surface area contributed by atoms with E-state index in [1.807, 2.05) is 0 Å². The van der Waals surface area contributed by atoms with Crippen LogP contribution in [-0.2, 0) is 14.3 Å². The predicted molar refractivity (Wildman–Crippen MR) is 265 cm³/mol. The van der Waals surface area contributed by atoms with Gasteiger partial charge in [-0.2, -0.15) is 0 Å². The highest BCUT2D eigenvalue weighted by atomic mass is 16.7. The molecule has 9 atom stereocenters. The fourth-order valence-electron chi connectivity index (χ4n) is 8.45. The quantitative estimate of drug-likeness (QED) is 0.0216. The minimum Gasteiger partial charge on any atom is -0.394 e. The predicted octanol–water partition coefficient (Wildman–Crippen LogP) is 10.3. The molecule has 11 heteroatoms. The molecule has 9 unspecified atom stereocenters. The number of hydrogen-bond donors (Lipinski definition) is 8. The molecule has 1 rings (SSSR count). The summed E-state index contributed by atoms with van der Waals surface area (Å²) in [6.07, 6.45) is 40.8. The maximum absolute atomic E-state index is 13.1. The molecule has 0 saturated carbocycles. The van der Waals surface area contributed by atoms with Crippen LogP contribution in [0.1, 0.15) is 232 Å². The fraction of sp³-hybridized carbons (Fsp3) is 0.870. The molecule has 382 valence electrons. The number of aliphatic hydroxyl groups excluding tert-OH is 7. The van der Waals surface area contributed by atoms with Crippen LogP contribution < -0.4 is 5.32 Å². The molecule has 1 heterocycles. The average molecular weight is 924 g/mol. The fourth-order valence-corrected chi connectivity index (χ4v) is 8.45. The van der Waals surface area contributed by atoms with Crippen molar-refractivity contribution in [3.63, 3.8) is 0 Å². The van der Waals surface area contributed by atoms with Crippen molar-refractivity contribution in [3.05, 3.63) is 36.5 Å². The first-order valence-electron chi connectivity index (χ1n) is 26.9. The molecule has 0 aromatic carbocycles. The van der Waals surface area contributed by atoms with E-state index in [0.29, 0.717) is 19.3 Å². The number of hydrogen-bond acceptors (Lipinski definition) is 10. The van der Waals surface area contributed by atoms with Gasteiger partial charge in [0.25, 0.3) is 0 Å². The van der Waals surface area contributed by atoms with Crippen LogP contribution in [0.5, 0.6) is 0 Å². The van der Waals surface area contributed by atoms with Crippen molar-refractivity contribution < 1.29 is 50.0 Å². The second kappa shape index (κ2) is 43.6. The standard InChI is InChI=1S/C54H101NO10/c1-3-5-7-9-11-13-15-17-18-19-20-21-22-23-24-25-26-27-28-29-30-32-33-35-37-39-41-46(57)49(59)45(44-64-54-52(62)51(61)50(60)48(43-56)65-54)55-53(63)47(58)42-40-38-36-34-31-16-14-12-10-8-6-4-2/h28-29,31,33-35,45-52,54,56-62H,3-27,30,32,36-44H2,1-2H3,(H,55,63)/b29-28+,34-31-,35-33+. The monoisotopic (exact) mass is 924 g/mol. The van der Waals surface area contributed by atoms with Crippen LogP contribution in [-0.4, -0.2) is 110 Å². The second-order valence-corrected chi connectivity index (χ2v) is 18.9. The zero-order valence-corrected chi connectivity index (χ0v) is 41.5. The topological polar surface area (TPSA) is 189 Å². The van der Waals surface area contributed by atoms with E-state index >= 15 is 0 Å². The van der Waals surface area contributed by atoms with Crippen molar-refractivity contribution >= 4 is 5.91 Å². The van der Waals surface area contributed by atoms with E-state index in [9.17, 15) is 40.5 Å². The maximum Gasteiger partial charge on any atom is 0.249 e. The second-order valence-electron chi connectivity index (χ2n) is 18.9. The van der Waals surface area contributed by atoms with Gasteiger partial charge in [0.1, 0.15) is 36.6 Å². The summed E-state index contributed by atoms with van der Waals surface area (Å²) in [7, 11) is 0. The maximum atomic E-state index is 13.1. The van der Waals surface area contributed by atoms with E-state index in [4.69, 9.17) is 9.47 Å². The minimum absolute atomic E-state index is 0.220. The summed E-state index contributed by atoms with van der Waals surface area (Å²) < 4.78 is 11.1. The van der Waals surface area contributed by atoms with Gasteiger partial charge in [0.2, 0.25) is 5.91 Å². The van der Waals surface area contributed by atoms with Gasteiger partial charge in [0, 0.05) is 0 Å². The lowest BCUT2D eigenvalue weighted by Gasteiger charge is -2.40. The number of carbonyl (C=O) groups excluding carboxylic acids is 1. The molecule has 0 aliphatic carbocycles. The number of amides is 1. The summed E-state index contributed by atoms with van der Waals surface area (Å²) in [4.78, 5) is 13.1. The van der Waals surface area contributed by atoms with Gasteiger partial charge >= 0.3 is 0 Å². The Kier molecular flexibility index (Phi) is 41.1. The summed E-state index contributed by atoms with van der Waals surface area (Å²) in [5.41, 5.74) is 0. The lowest BCUT2D eigenvalue weighted by atomic mass is 9.98. The van der Waals surface area contributed by atoms with E-state index in [0.717, 1.165) is 38.5 Å². The van der Waals surface area contributed by atoms with E-state index in [-0.39, 0.29) is 12.8 Å². The van der Waals surface area contributed by atoms with Crippen molar-refractivity contribution in [1.29, 1.82) is 0 Å². The molecule has 11 nitrogen and oxygen atoms in total. The van der Waals surface area contributed by atoms with E-state index in [1.165, 1.54) is 148 Å². The van der Waals surface area contributed by atoms with Crippen LogP contribution in [0.25, 0.3) is 0 Å². The molecule has 1 amide bonds. The van der Waals surface area contributed by atoms with Crippen LogP contribution in [0.15, 0.2) is 36.5 Å². The first-order valence-corrected chi connectivity index (χ1v) is 26.9. The highest BCUT2D eigenvalue weighted by Crippen LogP contribution is 2.23. The highest BCUT2D eigenvalue weighted by molar-refractivity contribution is 5.80. The Balaban J connectivity index is 2.35. The normalized spacial score (nSPS) is 21.2. The number of allylic oxidation sites excluding steroid dienone is 6. The first kappa shape index (κ1) is 61.3. The molecular weight excluding hydrogens is 823 g/mol. The number of nitrogens with one attached hydrogen (secondary N) is 1. The van der Waals surface area contributed by atoms with Crippen LogP contribution in [0.2, 0.25) is 0 Å². The smallest absolute Gasteiger partial charge is 0.249 e. The van der Waals surface area contributed by atoms with Crippen molar-refractivity contribution in [2.75, 3.05) is 13.2 Å². The Bertz CT molecular complexity index is 1150. The molecule has 8 N–H and O–H groups in total. The van der Waals surface area contributed by atoms with Gasteiger partial charge in [0.15, 0.2) is 6.29 Å². The average Bonchev–Trinajstić information content (AvgIpc) is 3.31. The third-order valence-corrected chi connectivity index (χ3v) is 12.9. The van der Waals surface area contributed by atoms with Gasteiger partial charge in [-0.25, -0.2) is 0 Å². The van der Waals surface area contributed by atoms with E-state index in [1.54, 1.807) is 0 Å². The van der Waals surface area contributed by atoms with Gasteiger partial charge in [-0.1, -0.05) is 192 Å². The molecule has 1 aliphatic heterocycles. The molecule has 0 bridgehead atoms. The zero-order valence-electron chi connectivity index (χ0n) is 41.5. The lowest BCUT2D eigenvalue weighted by molar-refractivity contribution is -0.303. The molecular formula is C54H101NO10. The summed E-state index contributed by atoms with van der Waals surface area (Å²) >= 11 is 0. The van der Waals surface area contributed by atoms with Crippen molar-refractivity contribution in [2.24, 2.45) is 0 Å². The van der Waals surface area contributed by atoms with Gasteiger partial charge < -0.3 is 50.5 Å². The van der Waals surface area contributed by atoms with Gasteiger partial charge in [-0.3, -0.25) is 4.79 Å². The van der Waals surface area contributed by atoms with Crippen molar-refractivity contribution in [2.45, 2.75) is 287 Å². The number of ether oxygens (including phenoxy) is 2. The Morgan fingerprint density at radius 1 is 0.523 bits per heavy atom. The largest absolute Gasteiger partial charge is 0.394 e. The van der Waals surface area contributed by atoms with Gasteiger partial charge in [0.05, 0.1) is 25.4 Å². The van der Waals surface area contributed by atoms with E-state index < -0.39 is 74.2 Å². The van der Waals surface area contributed by atoms with Crippen LogP contribution in [0.4, 0.5) is 0 Å². The molecule has 0 radical (unpaired) electrons. The third-order valence-electron chi connectivity index (χ3n) is 12.9. The van der Waals surface area contributed by atoms with E-state index in [2.05, 4.69) is 55.6 Å². The van der Waals surface area contributed by atoms with Crippen LogP contribution in [0, 0.1) is 0 Å². The van der Waals surface area contributed by atoms with Crippen molar-refractivity contribution in [3.8, 4) is 0 Å². The Hall–Kier alpha value is -1.67. The minimum atomic E-state index is -1.67. The van der Waals surface area contributed by atoms with Crippen LogP contribution >= 0.6 is 0 Å². The molecule has 1 aliphatic rings. The number of carbonyl (C=O) groups is 1. The third kappa shape index (κ3) is 32.7. The first-order chi connectivity index (χ1) is 31.7. The van der Waals surface area contributed by atoms with Gasteiger partial charge in [-0.15, -0.1) is 0 Å². The molecule has 65 heavy (non-hydrogen) atoms. The Morgan fingerprint density at radius 2 is 0.923 bits per heavy atom. The highest BCUT2D eigenvalue weighted by Gasteiger charge is 2.44. The number of rotatable bonds is 45. The lowest BCUT2D eigenvalue weighted by Crippen LogP contribution is -2.60. The van der Waals surface area contributed by atoms with Crippen molar-refractivity contribution in [1.82, 2.24) is 5.32 Å². The number of aliphatic hydroxyl groups is 7. The molecule has 0 aromatic rings. The molecule has 0 spiro atoms. The van der Waals surface area contributed by atoms with Gasteiger partial charge in [-0.05, 0) is 77.0 Å². The zero-order chi connectivity index (χ0) is 47.6. The van der Waals surface area contributed by atoms with Crippen LogP contribution in [0.3, 0.4) is 0 Å². The molecule has 1 saturated heterocycles.